The molecule has 20 heavy (non-hydrogen) atoms. The smallest absolute Gasteiger partial charge is 0.335 e. The van der Waals surface area contributed by atoms with E-state index >= 15 is 0 Å². The number of carboxylic acid groups (broad SMARTS) is 1. The van der Waals surface area contributed by atoms with Crippen LogP contribution in [0, 0.1) is 6.92 Å². The molecule has 0 radical (unpaired) electrons. The first kappa shape index (κ1) is 14.1. The zero-order chi connectivity index (χ0) is 14.9. The van der Waals surface area contributed by atoms with Gasteiger partial charge in [0.05, 0.1) is 16.7 Å². The largest absolute Gasteiger partial charge is 0.478 e. The fourth-order valence-corrected chi connectivity index (χ4v) is 2.78. The highest BCUT2D eigenvalue weighted by Gasteiger charge is 2.18. The van der Waals surface area contributed by atoms with Crippen LogP contribution in [0.4, 0.5) is 5.82 Å². The highest BCUT2D eigenvalue weighted by molar-refractivity contribution is 7.92. The molecule has 0 aliphatic carbocycles. The molecule has 0 spiro atoms. The lowest BCUT2D eigenvalue weighted by atomic mass is 10.1. The van der Waals surface area contributed by atoms with Crippen molar-refractivity contribution in [2.75, 3.05) is 4.72 Å². The van der Waals surface area contributed by atoms with Crippen LogP contribution >= 0.6 is 0 Å². The van der Waals surface area contributed by atoms with Crippen molar-refractivity contribution >= 4 is 21.8 Å². The fourth-order valence-electron chi connectivity index (χ4n) is 1.67. The number of aromatic carboxylic acids is 1. The maximum Gasteiger partial charge on any atom is 0.335 e. The van der Waals surface area contributed by atoms with Crippen LogP contribution in [0.15, 0.2) is 35.4 Å². The second-order valence-corrected chi connectivity index (χ2v) is 5.91. The van der Waals surface area contributed by atoms with Crippen molar-refractivity contribution in [2.45, 2.75) is 11.8 Å². The molecule has 0 saturated heterocycles. The Morgan fingerprint density at radius 1 is 1.35 bits per heavy atom. The summed E-state index contributed by atoms with van der Waals surface area (Å²) in [5.41, 5.74) is 0.454. The van der Waals surface area contributed by atoms with E-state index in [-0.39, 0.29) is 10.5 Å². The summed E-state index contributed by atoms with van der Waals surface area (Å²) in [6, 6.07) is 5.46. The van der Waals surface area contributed by atoms with Crippen molar-refractivity contribution in [3.05, 3.63) is 41.6 Å². The van der Waals surface area contributed by atoms with Gasteiger partial charge in [0.15, 0.2) is 0 Å². The lowest BCUT2D eigenvalue weighted by molar-refractivity contribution is 0.0696. The number of aryl methyl sites for hydroxylation is 2. The van der Waals surface area contributed by atoms with E-state index in [9.17, 15) is 13.2 Å². The van der Waals surface area contributed by atoms with E-state index < -0.39 is 16.0 Å². The van der Waals surface area contributed by atoms with E-state index in [0.29, 0.717) is 11.4 Å². The quantitative estimate of drug-likeness (QED) is 0.883. The second kappa shape index (κ2) is 4.97. The standard InChI is InChI=1S/C12H13N3O4S/c1-8-3-4-9(7-10(8)12(16)17)20(18,19)14-11-5-6-13-15(11)2/h3-7,14H,1-2H3,(H,16,17). The summed E-state index contributed by atoms with van der Waals surface area (Å²) in [6.07, 6.45) is 1.45. The molecule has 8 heteroatoms. The molecule has 1 aromatic carbocycles. The molecule has 0 amide bonds. The van der Waals surface area contributed by atoms with Gasteiger partial charge in [-0.2, -0.15) is 5.10 Å². The van der Waals surface area contributed by atoms with Crippen LogP contribution in [0.2, 0.25) is 0 Å². The molecule has 0 aliphatic heterocycles. The summed E-state index contributed by atoms with van der Waals surface area (Å²) >= 11 is 0. The van der Waals surface area contributed by atoms with Crippen LogP contribution in [0.1, 0.15) is 15.9 Å². The normalized spacial score (nSPS) is 11.3. The molecule has 106 valence electrons. The summed E-state index contributed by atoms with van der Waals surface area (Å²) in [7, 11) is -2.26. The molecule has 1 aromatic heterocycles. The van der Waals surface area contributed by atoms with Crippen LogP contribution in [0.3, 0.4) is 0 Å². The Balaban J connectivity index is 2.42. The Morgan fingerprint density at radius 3 is 2.60 bits per heavy atom. The second-order valence-electron chi connectivity index (χ2n) is 4.23. The lowest BCUT2D eigenvalue weighted by Gasteiger charge is -2.09. The first-order valence-electron chi connectivity index (χ1n) is 5.66. The van der Waals surface area contributed by atoms with E-state index in [1.165, 1.54) is 29.1 Å². The Morgan fingerprint density at radius 2 is 2.05 bits per heavy atom. The summed E-state index contributed by atoms with van der Waals surface area (Å²) in [5.74, 6) is -0.873. The average Bonchev–Trinajstić information content (AvgIpc) is 2.74. The minimum absolute atomic E-state index is 0.0436. The van der Waals surface area contributed by atoms with Gasteiger partial charge in [-0.15, -0.1) is 0 Å². The maximum absolute atomic E-state index is 12.2. The van der Waals surface area contributed by atoms with Crippen LogP contribution in [0.25, 0.3) is 0 Å². The highest BCUT2D eigenvalue weighted by atomic mass is 32.2. The van der Waals surface area contributed by atoms with E-state index in [4.69, 9.17) is 5.11 Å². The topological polar surface area (TPSA) is 101 Å². The summed E-state index contributed by atoms with van der Waals surface area (Å²) < 4.78 is 28.1. The monoisotopic (exact) mass is 295 g/mol. The van der Waals surface area contributed by atoms with Crippen LogP contribution in [-0.4, -0.2) is 29.3 Å². The molecule has 0 bridgehead atoms. The van der Waals surface area contributed by atoms with E-state index in [0.717, 1.165) is 6.07 Å². The van der Waals surface area contributed by atoms with Crippen molar-refractivity contribution in [1.82, 2.24) is 9.78 Å². The SMILES string of the molecule is Cc1ccc(S(=O)(=O)Nc2ccnn2C)cc1C(=O)O. The van der Waals surface area contributed by atoms with Gasteiger partial charge in [0.1, 0.15) is 5.82 Å². The number of nitrogens with one attached hydrogen (secondary N) is 1. The number of sulfonamides is 1. The van der Waals surface area contributed by atoms with Crippen LogP contribution < -0.4 is 4.72 Å². The molecule has 0 aliphatic rings. The average molecular weight is 295 g/mol. The number of nitrogens with zero attached hydrogens (tertiary/aromatic N) is 2. The number of benzene rings is 1. The molecule has 2 N–H and O–H groups in total. The van der Waals surface area contributed by atoms with Crippen molar-refractivity contribution in [2.24, 2.45) is 7.05 Å². The third-order valence-electron chi connectivity index (χ3n) is 2.81. The number of carbonyl (C=O) groups is 1. The zero-order valence-electron chi connectivity index (χ0n) is 10.9. The van der Waals surface area contributed by atoms with E-state index in [1.807, 2.05) is 0 Å². The van der Waals surface area contributed by atoms with Crippen molar-refractivity contribution < 1.29 is 18.3 Å². The Bertz CT molecular complexity index is 765. The zero-order valence-corrected chi connectivity index (χ0v) is 11.7. The minimum atomic E-state index is -3.85. The van der Waals surface area contributed by atoms with E-state index in [1.54, 1.807) is 14.0 Å². The third kappa shape index (κ3) is 2.64. The molecular formula is C12H13N3O4S. The van der Waals surface area contributed by atoms with Gasteiger partial charge >= 0.3 is 5.97 Å². The van der Waals surface area contributed by atoms with Gasteiger partial charge in [0.25, 0.3) is 10.0 Å². The van der Waals surface area contributed by atoms with Gasteiger partial charge < -0.3 is 5.11 Å². The highest BCUT2D eigenvalue weighted by Crippen LogP contribution is 2.18. The first-order chi connectivity index (χ1) is 9.31. The molecular weight excluding hydrogens is 282 g/mol. The van der Waals surface area contributed by atoms with Gasteiger partial charge in [-0.25, -0.2) is 13.2 Å². The van der Waals surface area contributed by atoms with Gasteiger partial charge in [-0.3, -0.25) is 9.40 Å². The number of aromatic nitrogens is 2. The predicted molar refractivity (Wildman–Crippen MR) is 72.2 cm³/mol. The third-order valence-corrected chi connectivity index (χ3v) is 4.16. The number of hydrogen-bond donors (Lipinski definition) is 2. The molecule has 2 aromatic rings. The van der Waals surface area contributed by atoms with Crippen molar-refractivity contribution in [3.63, 3.8) is 0 Å². The van der Waals surface area contributed by atoms with Crippen LogP contribution in [-0.2, 0) is 17.1 Å². The van der Waals surface area contributed by atoms with Crippen molar-refractivity contribution in [3.8, 4) is 0 Å². The van der Waals surface area contributed by atoms with E-state index in [2.05, 4.69) is 9.82 Å². The Kier molecular flexibility index (Phi) is 3.49. The molecule has 0 fully saturated rings. The van der Waals surface area contributed by atoms with Crippen LogP contribution in [0.5, 0.6) is 0 Å². The number of anilines is 1. The van der Waals surface area contributed by atoms with Crippen molar-refractivity contribution in [1.29, 1.82) is 0 Å². The maximum atomic E-state index is 12.2. The van der Waals surface area contributed by atoms with Gasteiger partial charge in [-0.1, -0.05) is 6.07 Å². The fraction of sp³-hybridized carbons (Fsp3) is 0.167. The summed E-state index contributed by atoms with van der Waals surface area (Å²) in [4.78, 5) is 10.9. The lowest BCUT2D eigenvalue weighted by Crippen LogP contribution is -2.16. The molecule has 0 unspecified atom stereocenters. The summed E-state index contributed by atoms with van der Waals surface area (Å²) in [6.45, 7) is 1.61. The Hall–Kier alpha value is -2.35. The number of hydrogen-bond acceptors (Lipinski definition) is 4. The minimum Gasteiger partial charge on any atom is -0.478 e. The molecule has 7 nitrogen and oxygen atoms in total. The molecule has 0 saturated carbocycles. The Labute approximate surface area is 115 Å². The molecule has 1 heterocycles. The number of carboxylic acids is 1. The molecule has 0 atom stereocenters. The predicted octanol–water partition coefficient (Wildman–Crippen LogP) is 1.23. The van der Waals surface area contributed by atoms with Gasteiger partial charge in [-0.05, 0) is 24.6 Å². The van der Waals surface area contributed by atoms with Gasteiger partial charge in [0, 0.05) is 13.1 Å². The molecule has 2 rings (SSSR count). The van der Waals surface area contributed by atoms with Gasteiger partial charge in [0.2, 0.25) is 0 Å². The number of rotatable bonds is 4. The first-order valence-corrected chi connectivity index (χ1v) is 7.14. The summed E-state index contributed by atoms with van der Waals surface area (Å²) in [5, 5.41) is 12.9.